The van der Waals surface area contributed by atoms with Gasteiger partial charge in [-0.2, -0.15) is 0 Å². The van der Waals surface area contributed by atoms with Crippen LogP contribution in [-0.2, 0) is 9.59 Å². The molecule has 1 aliphatic rings. The number of carbonyl (C=O) groups is 3. The summed E-state index contributed by atoms with van der Waals surface area (Å²) in [6.07, 6.45) is 1.35. The van der Waals surface area contributed by atoms with Crippen LogP contribution >= 0.6 is 27.7 Å². The third-order valence-corrected chi connectivity index (χ3v) is 6.61. The van der Waals surface area contributed by atoms with Gasteiger partial charge in [-0.25, -0.2) is 9.69 Å². The van der Waals surface area contributed by atoms with E-state index in [-0.39, 0.29) is 5.57 Å². The first-order chi connectivity index (χ1) is 14.8. The summed E-state index contributed by atoms with van der Waals surface area (Å²) in [5.74, 6) is -1.15. The Balaban J connectivity index is 1.66. The van der Waals surface area contributed by atoms with Gasteiger partial charge in [-0.15, -0.1) is 0 Å². The average Bonchev–Trinajstić information content (AvgIpc) is 3.07. The molecule has 1 aromatic heterocycles. The van der Waals surface area contributed by atoms with Crippen molar-refractivity contribution in [2.24, 2.45) is 0 Å². The second kappa shape index (κ2) is 8.56. The summed E-state index contributed by atoms with van der Waals surface area (Å²) in [5.41, 5.74) is 2.17. The summed E-state index contributed by atoms with van der Waals surface area (Å²) in [6.45, 7) is 3.82. The Labute approximate surface area is 191 Å². The molecule has 156 valence electrons. The Morgan fingerprint density at radius 2 is 1.74 bits per heavy atom. The van der Waals surface area contributed by atoms with Crippen molar-refractivity contribution >= 4 is 57.3 Å². The Kier molecular flexibility index (Phi) is 5.84. The number of hydrogen-bond acceptors (Lipinski definition) is 5. The number of furan rings is 1. The van der Waals surface area contributed by atoms with Gasteiger partial charge in [-0.3, -0.25) is 14.9 Å². The van der Waals surface area contributed by atoms with Crippen molar-refractivity contribution in [3.63, 3.8) is 0 Å². The molecule has 1 fully saturated rings. The fourth-order valence-electron chi connectivity index (χ4n) is 3.00. The third-order valence-electron chi connectivity index (χ3n) is 4.77. The monoisotopic (exact) mass is 496 g/mol. The Bertz CT molecular complexity index is 1230. The van der Waals surface area contributed by atoms with E-state index in [2.05, 4.69) is 21.2 Å². The number of barbiturate groups is 1. The molecule has 4 rings (SSSR count). The number of nitrogens with one attached hydrogen (secondary N) is 1. The number of carbonyl (C=O) groups excluding carboxylic acids is 3. The number of rotatable bonds is 4. The predicted octanol–water partition coefficient (Wildman–Crippen LogP) is 5.48. The molecule has 2 aromatic carbocycles. The van der Waals surface area contributed by atoms with Gasteiger partial charge >= 0.3 is 6.03 Å². The van der Waals surface area contributed by atoms with Gasteiger partial charge in [0.1, 0.15) is 11.3 Å². The molecule has 0 aliphatic carbocycles. The van der Waals surface area contributed by atoms with Gasteiger partial charge in [0, 0.05) is 4.90 Å². The topological polar surface area (TPSA) is 79.6 Å². The number of urea groups is 1. The molecular formula is C23H17BrN2O4S. The Morgan fingerprint density at radius 1 is 1.00 bits per heavy atom. The van der Waals surface area contributed by atoms with Gasteiger partial charge in [-0.05, 0) is 77.3 Å². The maximum absolute atomic E-state index is 13.0. The standard InChI is InChI=1S/C23H17BrN2O4S/c1-13-8-9-15(10-14(13)2)26-21(28)18(20(27)25-23(26)29)11-16-12-19(24)22(30-16)31-17-6-4-3-5-7-17/h3-12H,1-2H3,(H,25,27,29)/b18-11+. The first-order valence-electron chi connectivity index (χ1n) is 9.34. The molecule has 0 saturated carbocycles. The SMILES string of the molecule is Cc1ccc(N2C(=O)NC(=O)/C(=C\c3cc(Br)c(Sc4ccccc4)o3)C2=O)cc1C. The van der Waals surface area contributed by atoms with Gasteiger partial charge in [0.15, 0.2) is 5.09 Å². The lowest BCUT2D eigenvalue weighted by atomic mass is 10.1. The van der Waals surface area contributed by atoms with Crippen molar-refractivity contribution in [1.82, 2.24) is 5.32 Å². The van der Waals surface area contributed by atoms with Crippen LogP contribution in [0.3, 0.4) is 0 Å². The quantitative estimate of drug-likeness (QED) is 0.382. The van der Waals surface area contributed by atoms with Crippen molar-refractivity contribution in [1.29, 1.82) is 0 Å². The van der Waals surface area contributed by atoms with Crippen molar-refractivity contribution in [3.8, 4) is 0 Å². The van der Waals surface area contributed by atoms with Gasteiger partial charge in [0.25, 0.3) is 11.8 Å². The molecule has 2 heterocycles. The van der Waals surface area contributed by atoms with E-state index in [1.807, 2.05) is 50.2 Å². The van der Waals surface area contributed by atoms with E-state index < -0.39 is 17.8 Å². The number of benzene rings is 2. The maximum Gasteiger partial charge on any atom is 0.335 e. The van der Waals surface area contributed by atoms with Crippen LogP contribution in [0.15, 0.2) is 79.0 Å². The first kappa shape index (κ1) is 21.1. The molecule has 0 atom stereocenters. The number of halogens is 1. The Morgan fingerprint density at radius 3 is 2.45 bits per heavy atom. The van der Waals surface area contributed by atoms with E-state index in [1.54, 1.807) is 18.2 Å². The summed E-state index contributed by atoms with van der Waals surface area (Å²) >= 11 is 4.86. The largest absolute Gasteiger partial charge is 0.449 e. The highest BCUT2D eigenvalue weighted by molar-refractivity contribution is 9.10. The minimum absolute atomic E-state index is 0.185. The summed E-state index contributed by atoms with van der Waals surface area (Å²) in [5, 5.41) is 2.81. The molecule has 8 heteroatoms. The summed E-state index contributed by atoms with van der Waals surface area (Å²) in [7, 11) is 0. The van der Waals surface area contributed by atoms with E-state index in [1.165, 1.54) is 17.8 Å². The predicted molar refractivity (Wildman–Crippen MR) is 122 cm³/mol. The van der Waals surface area contributed by atoms with Crippen LogP contribution in [0, 0.1) is 13.8 Å². The molecule has 0 bridgehead atoms. The van der Waals surface area contributed by atoms with Crippen molar-refractivity contribution in [3.05, 3.63) is 81.5 Å². The molecule has 0 spiro atoms. The lowest BCUT2D eigenvalue weighted by Crippen LogP contribution is -2.54. The lowest BCUT2D eigenvalue weighted by molar-refractivity contribution is -0.122. The summed E-state index contributed by atoms with van der Waals surface area (Å²) in [6, 6.07) is 15.8. The zero-order chi connectivity index (χ0) is 22.1. The zero-order valence-corrected chi connectivity index (χ0v) is 19.0. The second-order valence-corrected chi connectivity index (χ2v) is 8.83. The van der Waals surface area contributed by atoms with E-state index in [9.17, 15) is 14.4 Å². The van der Waals surface area contributed by atoms with Gasteiger partial charge in [0.05, 0.1) is 10.2 Å². The van der Waals surface area contributed by atoms with Crippen LogP contribution in [-0.4, -0.2) is 17.8 Å². The minimum atomic E-state index is -0.781. The number of amides is 4. The molecule has 1 saturated heterocycles. The van der Waals surface area contributed by atoms with Crippen LogP contribution < -0.4 is 10.2 Å². The smallest absolute Gasteiger partial charge is 0.335 e. The molecule has 1 N–H and O–H groups in total. The zero-order valence-electron chi connectivity index (χ0n) is 16.6. The third kappa shape index (κ3) is 4.35. The van der Waals surface area contributed by atoms with Crippen LogP contribution in [0.4, 0.5) is 10.5 Å². The molecule has 0 unspecified atom stereocenters. The van der Waals surface area contributed by atoms with Crippen LogP contribution in [0.1, 0.15) is 16.9 Å². The number of nitrogens with zero attached hydrogens (tertiary/aromatic N) is 1. The maximum atomic E-state index is 13.0. The van der Waals surface area contributed by atoms with Gasteiger partial charge in [-0.1, -0.05) is 36.0 Å². The van der Waals surface area contributed by atoms with E-state index >= 15 is 0 Å². The van der Waals surface area contributed by atoms with Gasteiger partial charge < -0.3 is 4.42 Å². The number of hydrogen-bond donors (Lipinski definition) is 1. The molecular weight excluding hydrogens is 480 g/mol. The highest BCUT2D eigenvalue weighted by Crippen LogP contribution is 2.36. The minimum Gasteiger partial charge on any atom is -0.449 e. The number of imide groups is 2. The van der Waals surface area contributed by atoms with E-state index in [0.29, 0.717) is 21.0 Å². The lowest BCUT2D eigenvalue weighted by Gasteiger charge is -2.26. The first-order valence-corrected chi connectivity index (χ1v) is 11.0. The number of anilines is 1. The second-order valence-electron chi connectivity index (χ2n) is 6.93. The molecule has 3 aromatic rings. The van der Waals surface area contributed by atoms with Crippen LogP contribution in [0.25, 0.3) is 6.08 Å². The Hall–Kier alpha value is -3.10. The summed E-state index contributed by atoms with van der Waals surface area (Å²) < 4.78 is 6.52. The van der Waals surface area contributed by atoms with Crippen molar-refractivity contribution < 1.29 is 18.8 Å². The van der Waals surface area contributed by atoms with Crippen LogP contribution in [0.5, 0.6) is 0 Å². The molecule has 31 heavy (non-hydrogen) atoms. The number of aryl methyl sites for hydroxylation is 2. The normalized spacial score (nSPS) is 15.5. The van der Waals surface area contributed by atoms with Crippen molar-refractivity contribution in [2.45, 2.75) is 23.8 Å². The molecule has 6 nitrogen and oxygen atoms in total. The van der Waals surface area contributed by atoms with Gasteiger partial charge in [0.2, 0.25) is 0 Å². The van der Waals surface area contributed by atoms with Crippen LogP contribution in [0.2, 0.25) is 0 Å². The summed E-state index contributed by atoms with van der Waals surface area (Å²) in [4.78, 5) is 39.8. The molecule has 0 radical (unpaired) electrons. The van der Waals surface area contributed by atoms with Crippen molar-refractivity contribution in [2.75, 3.05) is 4.90 Å². The fourth-order valence-corrected chi connectivity index (χ4v) is 4.36. The highest BCUT2D eigenvalue weighted by atomic mass is 79.9. The average molecular weight is 497 g/mol. The van der Waals surface area contributed by atoms with E-state index in [0.717, 1.165) is 20.9 Å². The fraction of sp³-hybridized carbons (Fsp3) is 0.0870. The highest BCUT2D eigenvalue weighted by Gasteiger charge is 2.37. The molecule has 1 aliphatic heterocycles. The van der Waals surface area contributed by atoms with E-state index in [4.69, 9.17) is 4.42 Å². The molecule has 4 amide bonds.